The van der Waals surface area contributed by atoms with Crippen LogP contribution in [0.25, 0.3) is 0 Å². The Morgan fingerprint density at radius 1 is 1.33 bits per heavy atom. The molecule has 0 amide bonds. The predicted molar refractivity (Wildman–Crippen MR) is 60.6 cm³/mol. The molecule has 0 aromatic heterocycles. The van der Waals surface area contributed by atoms with Gasteiger partial charge in [0.25, 0.3) is 0 Å². The van der Waals surface area contributed by atoms with Crippen LogP contribution >= 0.6 is 0 Å². The lowest BCUT2D eigenvalue weighted by Gasteiger charge is -2.28. The lowest BCUT2D eigenvalue weighted by atomic mass is 9.88. The second-order valence-corrected chi connectivity index (χ2v) is 4.61. The molecule has 0 radical (unpaired) electrons. The molecule has 2 rings (SSSR count). The summed E-state index contributed by atoms with van der Waals surface area (Å²) in [6.07, 6.45) is 2.23. The van der Waals surface area contributed by atoms with Crippen molar-refractivity contribution in [2.75, 3.05) is 6.54 Å². The molecule has 0 saturated carbocycles. The zero-order valence-corrected chi connectivity index (χ0v) is 9.39. The van der Waals surface area contributed by atoms with Crippen molar-refractivity contribution in [1.82, 2.24) is 5.32 Å². The Kier molecular flexibility index (Phi) is 3.06. The number of rotatable bonds is 1. The van der Waals surface area contributed by atoms with E-state index in [4.69, 9.17) is 0 Å². The molecule has 1 fully saturated rings. The fraction of sp³-hybridized carbons (Fsp3) is 0.538. The van der Waals surface area contributed by atoms with E-state index in [-0.39, 0.29) is 5.82 Å². The average Bonchev–Trinajstić information content (AvgIpc) is 2.23. The van der Waals surface area contributed by atoms with Gasteiger partial charge in [0.2, 0.25) is 0 Å². The van der Waals surface area contributed by atoms with Crippen LogP contribution < -0.4 is 5.32 Å². The van der Waals surface area contributed by atoms with Crippen molar-refractivity contribution in [2.45, 2.75) is 38.6 Å². The van der Waals surface area contributed by atoms with Crippen LogP contribution in [0.5, 0.6) is 0 Å². The van der Waals surface area contributed by atoms with Gasteiger partial charge in [0.1, 0.15) is 5.82 Å². The summed E-state index contributed by atoms with van der Waals surface area (Å²) in [5.41, 5.74) is 2.03. The molecular formula is C13H18FN. The van der Waals surface area contributed by atoms with E-state index in [1.165, 1.54) is 0 Å². The number of nitrogens with one attached hydrogen (secondary N) is 1. The Morgan fingerprint density at radius 2 is 2.13 bits per heavy atom. The van der Waals surface area contributed by atoms with Crippen molar-refractivity contribution in [2.24, 2.45) is 0 Å². The Bertz CT molecular complexity index is 340. The summed E-state index contributed by atoms with van der Waals surface area (Å²) in [7, 11) is 0. The van der Waals surface area contributed by atoms with E-state index in [2.05, 4.69) is 12.2 Å². The van der Waals surface area contributed by atoms with Gasteiger partial charge < -0.3 is 5.32 Å². The Balaban J connectivity index is 2.18. The molecule has 1 nitrogen and oxygen atoms in total. The van der Waals surface area contributed by atoms with E-state index in [0.717, 1.165) is 30.5 Å². The number of hydrogen-bond acceptors (Lipinski definition) is 1. The van der Waals surface area contributed by atoms with Gasteiger partial charge >= 0.3 is 0 Å². The summed E-state index contributed by atoms with van der Waals surface area (Å²) < 4.78 is 13.6. The minimum Gasteiger partial charge on any atom is -0.314 e. The first-order valence-electron chi connectivity index (χ1n) is 5.66. The molecule has 1 aliphatic heterocycles. The molecule has 15 heavy (non-hydrogen) atoms. The molecule has 82 valence electrons. The maximum absolute atomic E-state index is 13.6. The number of aryl methyl sites for hydroxylation is 1. The zero-order chi connectivity index (χ0) is 10.8. The Labute approximate surface area is 90.7 Å². The van der Waals surface area contributed by atoms with Gasteiger partial charge in [-0.15, -0.1) is 0 Å². The van der Waals surface area contributed by atoms with Crippen LogP contribution in [0.2, 0.25) is 0 Å². The van der Waals surface area contributed by atoms with Gasteiger partial charge in [-0.05, 0) is 44.2 Å². The minimum atomic E-state index is -0.0537. The fourth-order valence-corrected chi connectivity index (χ4v) is 2.24. The van der Waals surface area contributed by atoms with Gasteiger partial charge in [0.05, 0.1) is 0 Å². The molecule has 1 aromatic carbocycles. The van der Waals surface area contributed by atoms with Crippen molar-refractivity contribution in [3.8, 4) is 0 Å². The van der Waals surface area contributed by atoms with Crippen LogP contribution in [-0.2, 0) is 0 Å². The smallest absolute Gasteiger partial charge is 0.126 e. The summed E-state index contributed by atoms with van der Waals surface area (Å²) in [5, 5.41) is 3.41. The highest BCUT2D eigenvalue weighted by molar-refractivity contribution is 5.28. The molecule has 0 bridgehead atoms. The van der Waals surface area contributed by atoms with Crippen LogP contribution in [-0.4, -0.2) is 12.6 Å². The Hall–Kier alpha value is -0.890. The summed E-state index contributed by atoms with van der Waals surface area (Å²) in [5.74, 6) is 0.294. The quantitative estimate of drug-likeness (QED) is 0.746. The van der Waals surface area contributed by atoms with E-state index in [0.29, 0.717) is 12.0 Å². The van der Waals surface area contributed by atoms with Gasteiger partial charge in [-0.25, -0.2) is 4.39 Å². The maximum Gasteiger partial charge on any atom is 0.126 e. The molecular weight excluding hydrogens is 189 g/mol. The van der Waals surface area contributed by atoms with Crippen molar-refractivity contribution in [3.05, 3.63) is 35.1 Å². The van der Waals surface area contributed by atoms with Crippen LogP contribution in [0.3, 0.4) is 0 Å². The first kappa shape index (κ1) is 10.6. The first-order valence-corrected chi connectivity index (χ1v) is 5.66. The molecule has 1 heterocycles. The fourth-order valence-electron chi connectivity index (χ4n) is 2.24. The van der Waals surface area contributed by atoms with Crippen LogP contribution in [0.4, 0.5) is 4.39 Å². The normalized spacial score (nSPS) is 26.6. The summed E-state index contributed by atoms with van der Waals surface area (Å²) >= 11 is 0. The molecule has 2 unspecified atom stereocenters. The predicted octanol–water partition coefficient (Wildman–Crippen LogP) is 2.99. The minimum absolute atomic E-state index is 0.0537. The van der Waals surface area contributed by atoms with E-state index in [9.17, 15) is 4.39 Å². The SMILES string of the molecule is Cc1ccc(F)c(C2CCC(C)NC2)c1. The molecule has 1 aliphatic rings. The lowest BCUT2D eigenvalue weighted by molar-refractivity contribution is 0.377. The van der Waals surface area contributed by atoms with Gasteiger partial charge in [-0.1, -0.05) is 17.7 Å². The number of halogens is 1. The van der Waals surface area contributed by atoms with E-state index >= 15 is 0 Å². The second kappa shape index (κ2) is 4.31. The zero-order valence-electron chi connectivity index (χ0n) is 9.39. The first-order chi connectivity index (χ1) is 7.16. The van der Waals surface area contributed by atoms with Gasteiger partial charge in [-0.3, -0.25) is 0 Å². The molecule has 1 aromatic rings. The van der Waals surface area contributed by atoms with Gasteiger partial charge in [-0.2, -0.15) is 0 Å². The van der Waals surface area contributed by atoms with E-state index < -0.39 is 0 Å². The summed E-state index contributed by atoms with van der Waals surface area (Å²) in [4.78, 5) is 0. The highest BCUT2D eigenvalue weighted by Gasteiger charge is 2.21. The van der Waals surface area contributed by atoms with Gasteiger partial charge in [0.15, 0.2) is 0 Å². The molecule has 0 aliphatic carbocycles. The third-order valence-electron chi connectivity index (χ3n) is 3.25. The van der Waals surface area contributed by atoms with Crippen molar-refractivity contribution >= 4 is 0 Å². The monoisotopic (exact) mass is 207 g/mol. The highest BCUT2D eigenvalue weighted by Crippen LogP contribution is 2.27. The molecule has 1 N–H and O–H groups in total. The molecule has 0 spiro atoms. The standard InChI is InChI=1S/C13H18FN/c1-9-3-6-13(14)12(7-9)11-5-4-10(2)15-8-11/h3,6-7,10-11,15H,4-5,8H2,1-2H3. The topological polar surface area (TPSA) is 12.0 Å². The largest absolute Gasteiger partial charge is 0.314 e. The Morgan fingerprint density at radius 3 is 2.80 bits per heavy atom. The van der Waals surface area contributed by atoms with E-state index in [1.54, 1.807) is 6.07 Å². The van der Waals surface area contributed by atoms with E-state index in [1.807, 2.05) is 19.1 Å². The van der Waals surface area contributed by atoms with Gasteiger partial charge in [0, 0.05) is 12.6 Å². The lowest BCUT2D eigenvalue weighted by Crippen LogP contribution is -2.36. The molecule has 2 atom stereocenters. The third-order valence-corrected chi connectivity index (χ3v) is 3.25. The number of benzene rings is 1. The number of piperidine rings is 1. The van der Waals surface area contributed by atoms with Crippen LogP contribution in [0, 0.1) is 12.7 Å². The third kappa shape index (κ3) is 2.37. The van der Waals surface area contributed by atoms with Crippen molar-refractivity contribution < 1.29 is 4.39 Å². The molecule has 2 heteroatoms. The summed E-state index contributed by atoms with van der Waals surface area (Å²) in [6, 6.07) is 5.98. The van der Waals surface area contributed by atoms with Crippen molar-refractivity contribution in [3.63, 3.8) is 0 Å². The average molecular weight is 207 g/mol. The maximum atomic E-state index is 13.6. The summed E-state index contributed by atoms with van der Waals surface area (Å²) in [6.45, 7) is 5.10. The molecule has 1 saturated heterocycles. The van der Waals surface area contributed by atoms with Crippen LogP contribution in [0.15, 0.2) is 18.2 Å². The second-order valence-electron chi connectivity index (χ2n) is 4.61. The van der Waals surface area contributed by atoms with Crippen molar-refractivity contribution in [1.29, 1.82) is 0 Å². The van der Waals surface area contributed by atoms with Crippen LogP contribution in [0.1, 0.15) is 36.8 Å². The highest BCUT2D eigenvalue weighted by atomic mass is 19.1. The number of hydrogen-bond donors (Lipinski definition) is 1.